The summed E-state index contributed by atoms with van der Waals surface area (Å²) in [5.74, 6) is 3.02. The third-order valence-corrected chi connectivity index (χ3v) is 4.87. The van der Waals surface area contributed by atoms with Crippen LogP contribution < -0.4 is 15.5 Å². The fourth-order valence-electron chi connectivity index (χ4n) is 2.44. The van der Waals surface area contributed by atoms with Crippen LogP contribution in [0.15, 0.2) is 24.3 Å². The van der Waals surface area contributed by atoms with Gasteiger partial charge in [-0.05, 0) is 36.6 Å². The van der Waals surface area contributed by atoms with Gasteiger partial charge in [-0.25, -0.2) is 4.79 Å². The Labute approximate surface area is 124 Å². The van der Waals surface area contributed by atoms with Crippen molar-refractivity contribution in [2.24, 2.45) is 5.92 Å². The molecule has 0 unspecified atom stereocenters. The summed E-state index contributed by atoms with van der Waals surface area (Å²) < 4.78 is 0. The Hall–Kier alpha value is -1.36. The molecule has 2 amide bonds. The van der Waals surface area contributed by atoms with Gasteiger partial charge in [0.25, 0.3) is 0 Å². The minimum Gasteiger partial charge on any atom is -0.370 e. The highest BCUT2D eigenvalue weighted by molar-refractivity contribution is 7.99. The van der Waals surface area contributed by atoms with Crippen molar-refractivity contribution in [3.63, 3.8) is 0 Å². The predicted octanol–water partition coefficient (Wildman–Crippen LogP) is 2.77. The Bertz CT molecular complexity index is 471. The Kier molecular flexibility index (Phi) is 4.05. The van der Waals surface area contributed by atoms with Crippen LogP contribution in [-0.2, 0) is 0 Å². The highest BCUT2D eigenvalue weighted by atomic mass is 32.2. The van der Waals surface area contributed by atoms with Gasteiger partial charge in [-0.15, -0.1) is 0 Å². The molecular weight excluding hydrogens is 270 g/mol. The predicted molar refractivity (Wildman–Crippen MR) is 85.7 cm³/mol. The fourth-order valence-corrected chi connectivity index (χ4v) is 3.34. The molecular formula is C15H21N3OS. The van der Waals surface area contributed by atoms with Crippen molar-refractivity contribution in [2.75, 3.05) is 34.8 Å². The molecule has 2 N–H and O–H groups in total. The third-order valence-electron chi connectivity index (χ3n) is 3.93. The van der Waals surface area contributed by atoms with Crippen molar-refractivity contribution in [1.29, 1.82) is 0 Å². The maximum absolute atomic E-state index is 11.8. The van der Waals surface area contributed by atoms with Gasteiger partial charge >= 0.3 is 6.03 Å². The smallest absolute Gasteiger partial charge is 0.319 e. The molecule has 0 spiro atoms. The van der Waals surface area contributed by atoms with Crippen molar-refractivity contribution in [3.8, 4) is 0 Å². The van der Waals surface area contributed by atoms with Crippen LogP contribution in [0.2, 0.25) is 0 Å². The molecule has 1 aliphatic heterocycles. The van der Waals surface area contributed by atoms with Crippen LogP contribution in [0.1, 0.15) is 13.3 Å². The van der Waals surface area contributed by atoms with Gasteiger partial charge in [0.2, 0.25) is 0 Å². The van der Waals surface area contributed by atoms with Gasteiger partial charge < -0.3 is 15.5 Å². The number of hydrogen-bond donors (Lipinski definition) is 2. The topological polar surface area (TPSA) is 44.4 Å². The lowest BCUT2D eigenvalue weighted by atomic mass is 10.2. The van der Waals surface area contributed by atoms with E-state index < -0.39 is 0 Å². The Morgan fingerprint density at radius 2 is 1.90 bits per heavy atom. The van der Waals surface area contributed by atoms with Gasteiger partial charge in [-0.3, -0.25) is 0 Å². The minimum absolute atomic E-state index is 0.0959. The second-order valence-electron chi connectivity index (χ2n) is 5.56. The highest BCUT2D eigenvalue weighted by Gasteiger charge is 2.33. The molecule has 1 aromatic carbocycles. The molecule has 1 saturated heterocycles. The number of benzene rings is 1. The van der Waals surface area contributed by atoms with Crippen molar-refractivity contribution >= 4 is 29.2 Å². The minimum atomic E-state index is -0.0959. The third kappa shape index (κ3) is 3.39. The SMILES string of the molecule is C[C@H]1C[C@@H]1NC(=O)Nc1ccc(N2CCSCC2)cc1. The summed E-state index contributed by atoms with van der Waals surface area (Å²) in [6, 6.07) is 8.40. The summed E-state index contributed by atoms with van der Waals surface area (Å²) in [5.41, 5.74) is 2.10. The van der Waals surface area contributed by atoms with Crippen LogP contribution in [0.5, 0.6) is 0 Å². The van der Waals surface area contributed by atoms with Crippen molar-refractivity contribution < 1.29 is 4.79 Å². The molecule has 3 rings (SSSR count). The normalized spacial score (nSPS) is 25.1. The van der Waals surface area contributed by atoms with Crippen LogP contribution in [0.4, 0.5) is 16.2 Å². The second-order valence-corrected chi connectivity index (χ2v) is 6.79. The van der Waals surface area contributed by atoms with Crippen LogP contribution in [0.3, 0.4) is 0 Å². The summed E-state index contributed by atoms with van der Waals surface area (Å²) in [5, 5.41) is 5.86. The molecule has 2 fully saturated rings. The van der Waals surface area contributed by atoms with E-state index in [0.717, 1.165) is 25.2 Å². The Balaban J connectivity index is 1.54. The number of anilines is 2. The monoisotopic (exact) mass is 291 g/mol. The number of thioether (sulfide) groups is 1. The van der Waals surface area contributed by atoms with Gasteiger partial charge in [0.15, 0.2) is 0 Å². The van der Waals surface area contributed by atoms with Crippen LogP contribution >= 0.6 is 11.8 Å². The highest BCUT2D eigenvalue weighted by Crippen LogP contribution is 2.29. The van der Waals surface area contributed by atoms with E-state index in [2.05, 4.69) is 34.6 Å². The average Bonchev–Trinajstić information content (AvgIpc) is 3.15. The Morgan fingerprint density at radius 3 is 2.50 bits per heavy atom. The largest absolute Gasteiger partial charge is 0.370 e. The van der Waals surface area contributed by atoms with Crippen molar-refractivity contribution in [1.82, 2.24) is 5.32 Å². The summed E-state index contributed by atoms with van der Waals surface area (Å²) in [4.78, 5) is 14.2. The molecule has 2 atom stereocenters. The zero-order valence-corrected chi connectivity index (χ0v) is 12.6. The zero-order valence-electron chi connectivity index (χ0n) is 11.8. The van der Waals surface area contributed by atoms with Crippen LogP contribution in [0.25, 0.3) is 0 Å². The lowest BCUT2D eigenvalue weighted by Gasteiger charge is -2.28. The zero-order chi connectivity index (χ0) is 13.9. The molecule has 2 aliphatic rings. The van der Waals surface area contributed by atoms with Gasteiger partial charge in [-0.2, -0.15) is 11.8 Å². The first-order chi connectivity index (χ1) is 9.72. The standard InChI is InChI=1S/C15H21N3OS/c1-11-10-14(11)17-15(19)16-12-2-4-13(5-3-12)18-6-8-20-9-7-18/h2-5,11,14H,6-10H2,1H3,(H2,16,17,19)/t11-,14-/m0/s1. The van der Waals surface area contributed by atoms with E-state index in [1.165, 1.54) is 17.2 Å². The number of carbonyl (C=O) groups is 1. The molecule has 1 saturated carbocycles. The number of urea groups is 1. The number of carbonyl (C=O) groups excluding carboxylic acids is 1. The molecule has 1 aliphatic carbocycles. The first-order valence-corrected chi connectivity index (χ1v) is 8.38. The first kappa shape index (κ1) is 13.6. The average molecular weight is 291 g/mol. The van der Waals surface area contributed by atoms with E-state index in [0.29, 0.717) is 12.0 Å². The second kappa shape index (κ2) is 5.95. The molecule has 1 aromatic rings. The lowest BCUT2D eigenvalue weighted by molar-refractivity contribution is 0.251. The first-order valence-electron chi connectivity index (χ1n) is 7.22. The molecule has 1 heterocycles. The van der Waals surface area contributed by atoms with E-state index >= 15 is 0 Å². The van der Waals surface area contributed by atoms with Gasteiger partial charge in [-0.1, -0.05) is 6.92 Å². The fraction of sp³-hybridized carbons (Fsp3) is 0.533. The van der Waals surface area contributed by atoms with Crippen LogP contribution in [0, 0.1) is 5.92 Å². The van der Waals surface area contributed by atoms with Crippen LogP contribution in [-0.4, -0.2) is 36.7 Å². The lowest BCUT2D eigenvalue weighted by Crippen LogP contribution is -2.32. The van der Waals surface area contributed by atoms with E-state index in [1.807, 2.05) is 23.9 Å². The van der Waals surface area contributed by atoms with Gasteiger partial charge in [0.05, 0.1) is 0 Å². The molecule has 4 nitrogen and oxygen atoms in total. The summed E-state index contributed by atoms with van der Waals surface area (Å²) >= 11 is 2.01. The van der Waals surface area contributed by atoms with E-state index in [9.17, 15) is 4.79 Å². The van der Waals surface area contributed by atoms with Crippen molar-refractivity contribution in [2.45, 2.75) is 19.4 Å². The number of amides is 2. The molecule has 5 heteroatoms. The molecule has 20 heavy (non-hydrogen) atoms. The Morgan fingerprint density at radius 1 is 1.25 bits per heavy atom. The van der Waals surface area contributed by atoms with Crippen molar-refractivity contribution in [3.05, 3.63) is 24.3 Å². The molecule has 0 radical (unpaired) electrons. The number of hydrogen-bond acceptors (Lipinski definition) is 3. The quantitative estimate of drug-likeness (QED) is 0.900. The number of nitrogens with zero attached hydrogens (tertiary/aromatic N) is 1. The van der Waals surface area contributed by atoms with Gasteiger partial charge in [0, 0.05) is 42.0 Å². The number of rotatable bonds is 3. The maximum atomic E-state index is 11.8. The molecule has 0 aromatic heterocycles. The number of nitrogens with one attached hydrogen (secondary N) is 2. The van der Waals surface area contributed by atoms with E-state index in [-0.39, 0.29) is 6.03 Å². The summed E-state index contributed by atoms with van der Waals surface area (Å²) in [6.07, 6.45) is 1.10. The molecule has 0 bridgehead atoms. The summed E-state index contributed by atoms with van der Waals surface area (Å²) in [6.45, 7) is 4.37. The van der Waals surface area contributed by atoms with Gasteiger partial charge in [0.1, 0.15) is 0 Å². The van der Waals surface area contributed by atoms with E-state index in [1.54, 1.807) is 0 Å². The molecule has 108 valence electrons. The summed E-state index contributed by atoms with van der Waals surface area (Å²) in [7, 11) is 0. The maximum Gasteiger partial charge on any atom is 0.319 e. The van der Waals surface area contributed by atoms with E-state index in [4.69, 9.17) is 0 Å².